The third kappa shape index (κ3) is 1.79. The van der Waals surface area contributed by atoms with Crippen LogP contribution in [0.2, 0.25) is 5.02 Å². The van der Waals surface area contributed by atoms with E-state index < -0.39 is 11.0 Å². The van der Waals surface area contributed by atoms with Gasteiger partial charge in [-0.2, -0.15) is 0 Å². The molecule has 6 heteroatoms. The molecule has 18 heavy (non-hydrogen) atoms. The van der Waals surface area contributed by atoms with E-state index in [1.165, 1.54) is 0 Å². The molecule has 3 rings (SSSR count). The molecule has 1 aromatic carbocycles. The van der Waals surface area contributed by atoms with E-state index in [0.29, 0.717) is 9.92 Å². The number of rotatable bonds is 0. The van der Waals surface area contributed by atoms with E-state index >= 15 is 0 Å². The quantitative estimate of drug-likeness (QED) is 0.667. The molecule has 0 fully saturated rings. The van der Waals surface area contributed by atoms with Gasteiger partial charge in [0.05, 0.1) is 20.8 Å². The first-order valence-corrected chi connectivity index (χ1v) is 8.06. The first kappa shape index (κ1) is 12.5. The van der Waals surface area contributed by atoms with Crippen molar-refractivity contribution in [2.45, 2.75) is 10.3 Å². The van der Waals surface area contributed by atoms with Crippen molar-refractivity contribution in [2.24, 2.45) is 0 Å². The fourth-order valence-corrected chi connectivity index (χ4v) is 4.99. The zero-order chi connectivity index (χ0) is 12.9. The van der Waals surface area contributed by atoms with Gasteiger partial charge in [-0.3, -0.25) is 4.31 Å². The van der Waals surface area contributed by atoms with Gasteiger partial charge in [0.25, 0.3) is 0 Å². The molecule has 2 aromatic rings. The maximum absolute atomic E-state index is 12.5. The lowest BCUT2D eigenvalue weighted by Gasteiger charge is -2.15. The molecule has 0 amide bonds. The third-order valence-electron chi connectivity index (χ3n) is 2.93. The smallest absolute Gasteiger partial charge is 0.153 e. The molecule has 2 atom stereocenters. The Morgan fingerprint density at radius 1 is 1.39 bits per heavy atom. The Labute approximate surface area is 122 Å². The zero-order valence-corrected chi connectivity index (χ0v) is 12.5. The van der Waals surface area contributed by atoms with Gasteiger partial charge in [0.1, 0.15) is 0 Å². The Hall–Kier alpha value is -0.550. The predicted molar refractivity (Wildman–Crippen MR) is 78.3 cm³/mol. The van der Waals surface area contributed by atoms with Crippen LogP contribution in [0.5, 0.6) is 0 Å². The van der Waals surface area contributed by atoms with Crippen LogP contribution in [0, 0.1) is 0 Å². The summed E-state index contributed by atoms with van der Waals surface area (Å²) in [7, 11) is 0.530. The molecule has 0 saturated heterocycles. The highest BCUT2D eigenvalue weighted by atomic mass is 35.5. The Kier molecular flexibility index (Phi) is 3.14. The van der Waals surface area contributed by atoms with Crippen LogP contribution >= 0.6 is 34.5 Å². The standard InChI is InChI=1S/C12H9Cl2NOS2/c1-15-9-4-5-17-12(9)11(14)8-3-2-7(13)6-10(8)18(15)16/h2-6,11H,1H3. The number of anilines is 1. The summed E-state index contributed by atoms with van der Waals surface area (Å²) < 4.78 is 14.3. The van der Waals surface area contributed by atoms with Gasteiger partial charge in [0.2, 0.25) is 0 Å². The van der Waals surface area contributed by atoms with Gasteiger partial charge < -0.3 is 0 Å². The van der Waals surface area contributed by atoms with Crippen LogP contribution in [0.15, 0.2) is 34.5 Å². The third-order valence-corrected chi connectivity index (χ3v) is 6.14. The summed E-state index contributed by atoms with van der Waals surface area (Å²) in [4.78, 5) is 1.71. The first-order chi connectivity index (χ1) is 8.59. The number of thiophene rings is 1. The topological polar surface area (TPSA) is 20.3 Å². The number of alkyl halides is 1. The van der Waals surface area contributed by atoms with Gasteiger partial charge >= 0.3 is 0 Å². The number of halogens is 2. The van der Waals surface area contributed by atoms with Crippen LogP contribution in [0.1, 0.15) is 15.8 Å². The molecular weight excluding hydrogens is 309 g/mol. The van der Waals surface area contributed by atoms with Gasteiger partial charge in [-0.1, -0.05) is 17.7 Å². The molecule has 0 spiro atoms. The molecule has 1 aliphatic heterocycles. The second-order valence-corrected chi connectivity index (χ2v) is 7.27. The monoisotopic (exact) mass is 317 g/mol. The van der Waals surface area contributed by atoms with Crippen LogP contribution < -0.4 is 4.31 Å². The van der Waals surface area contributed by atoms with Crippen LogP contribution in [0.25, 0.3) is 0 Å². The van der Waals surface area contributed by atoms with Gasteiger partial charge in [-0.05, 0) is 29.1 Å². The molecular formula is C12H9Cl2NOS2. The number of benzene rings is 1. The van der Waals surface area contributed by atoms with Crippen LogP contribution in [0.3, 0.4) is 0 Å². The average Bonchev–Trinajstić information content (AvgIpc) is 2.82. The van der Waals surface area contributed by atoms with Gasteiger partial charge in [0, 0.05) is 12.1 Å². The summed E-state index contributed by atoms with van der Waals surface area (Å²) >= 11 is 14.1. The second kappa shape index (κ2) is 4.53. The van der Waals surface area contributed by atoms with Crippen LogP contribution in [-0.4, -0.2) is 11.3 Å². The van der Waals surface area contributed by atoms with Crippen LogP contribution in [0.4, 0.5) is 5.69 Å². The van der Waals surface area contributed by atoms with Crippen molar-refractivity contribution in [3.05, 3.63) is 45.1 Å². The fraction of sp³-hybridized carbons (Fsp3) is 0.167. The fourth-order valence-electron chi connectivity index (χ4n) is 2.01. The van der Waals surface area contributed by atoms with E-state index in [2.05, 4.69) is 0 Å². The highest BCUT2D eigenvalue weighted by Crippen LogP contribution is 2.45. The molecule has 0 aliphatic carbocycles. The maximum atomic E-state index is 12.5. The van der Waals surface area contributed by atoms with Crippen molar-refractivity contribution >= 4 is 51.2 Å². The lowest BCUT2D eigenvalue weighted by molar-refractivity contribution is 0.681. The molecule has 2 nitrogen and oxygen atoms in total. The predicted octanol–water partition coefficient (Wildman–Crippen LogP) is 4.20. The zero-order valence-electron chi connectivity index (χ0n) is 9.39. The van der Waals surface area contributed by atoms with Crippen molar-refractivity contribution in [3.63, 3.8) is 0 Å². The van der Waals surface area contributed by atoms with Gasteiger partial charge in [-0.25, -0.2) is 4.21 Å². The molecule has 0 radical (unpaired) electrons. The number of nitrogens with zero attached hydrogens (tertiary/aromatic N) is 1. The van der Waals surface area contributed by atoms with E-state index in [4.69, 9.17) is 23.2 Å². The summed E-state index contributed by atoms with van der Waals surface area (Å²) in [6, 6.07) is 7.32. The van der Waals surface area contributed by atoms with Crippen LogP contribution in [-0.2, 0) is 11.0 Å². The van der Waals surface area contributed by atoms with E-state index in [1.54, 1.807) is 34.8 Å². The highest BCUT2D eigenvalue weighted by Gasteiger charge is 2.30. The minimum atomic E-state index is -1.28. The number of fused-ring (bicyclic) bond motifs is 2. The summed E-state index contributed by atoms with van der Waals surface area (Å²) in [5.74, 6) is 0. The molecule has 1 aromatic heterocycles. The summed E-state index contributed by atoms with van der Waals surface area (Å²) in [6.07, 6.45) is 0. The molecule has 0 bridgehead atoms. The molecule has 0 saturated carbocycles. The molecule has 2 unspecified atom stereocenters. The Balaban J connectivity index is 2.29. The lowest BCUT2D eigenvalue weighted by Crippen LogP contribution is -2.19. The minimum absolute atomic E-state index is 0.277. The normalized spacial score (nSPS) is 22.3. The Bertz CT molecular complexity index is 641. The molecule has 1 aliphatic rings. The Morgan fingerprint density at radius 3 is 2.94 bits per heavy atom. The molecule has 0 N–H and O–H groups in total. The average molecular weight is 318 g/mol. The lowest BCUT2D eigenvalue weighted by atomic mass is 10.1. The van der Waals surface area contributed by atoms with E-state index in [9.17, 15) is 4.21 Å². The summed E-state index contributed by atoms with van der Waals surface area (Å²) in [5.41, 5.74) is 1.79. The van der Waals surface area contributed by atoms with E-state index in [-0.39, 0.29) is 5.38 Å². The summed E-state index contributed by atoms with van der Waals surface area (Å²) in [5, 5.41) is 2.26. The molecule has 2 heterocycles. The minimum Gasteiger partial charge on any atom is -0.290 e. The van der Waals surface area contributed by atoms with Crippen molar-refractivity contribution in [1.82, 2.24) is 0 Å². The van der Waals surface area contributed by atoms with E-state index in [0.717, 1.165) is 16.1 Å². The number of hydrogen-bond donors (Lipinski definition) is 0. The van der Waals surface area contributed by atoms with Crippen molar-refractivity contribution in [1.29, 1.82) is 0 Å². The van der Waals surface area contributed by atoms with Gasteiger partial charge in [-0.15, -0.1) is 22.9 Å². The van der Waals surface area contributed by atoms with Crippen molar-refractivity contribution in [3.8, 4) is 0 Å². The Morgan fingerprint density at radius 2 is 2.17 bits per heavy atom. The van der Waals surface area contributed by atoms with E-state index in [1.807, 2.05) is 17.5 Å². The molecule has 94 valence electrons. The van der Waals surface area contributed by atoms with Gasteiger partial charge in [0.15, 0.2) is 11.0 Å². The second-order valence-electron chi connectivity index (χ2n) is 3.96. The SMILES string of the molecule is CN1c2ccsc2C(Cl)c2ccc(Cl)cc2S1=O. The van der Waals surface area contributed by atoms with Crippen molar-refractivity contribution < 1.29 is 4.21 Å². The first-order valence-electron chi connectivity index (χ1n) is 5.26. The maximum Gasteiger partial charge on any atom is 0.153 e. The largest absolute Gasteiger partial charge is 0.290 e. The number of hydrogen-bond acceptors (Lipinski definition) is 2. The van der Waals surface area contributed by atoms with Crippen molar-refractivity contribution in [2.75, 3.05) is 11.4 Å². The highest BCUT2D eigenvalue weighted by molar-refractivity contribution is 7.86. The summed E-state index contributed by atoms with van der Waals surface area (Å²) in [6.45, 7) is 0.